The van der Waals surface area contributed by atoms with E-state index in [9.17, 15) is 5.11 Å². The van der Waals surface area contributed by atoms with Crippen molar-refractivity contribution < 1.29 is 9.84 Å². The average molecular weight is 215 g/mol. The normalized spacial score (nSPS) is 15.5. The third-order valence-electron chi connectivity index (χ3n) is 2.12. The Kier molecular flexibility index (Phi) is 4.04. The summed E-state index contributed by atoms with van der Waals surface area (Å²) in [6.45, 7) is 5.71. The van der Waals surface area contributed by atoms with Crippen LogP contribution < -0.4 is 0 Å². The maximum absolute atomic E-state index is 9.45. The molecule has 0 aliphatic heterocycles. The Labute approximate surface area is 88.8 Å². The summed E-state index contributed by atoms with van der Waals surface area (Å²) in [6, 6.07) is 0. The van der Waals surface area contributed by atoms with Gasteiger partial charge >= 0.3 is 0 Å². The highest BCUT2D eigenvalue weighted by atomic mass is 32.1. The number of aliphatic hydroxyl groups is 1. The second kappa shape index (κ2) is 4.87. The molecule has 2 unspecified atom stereocenters. The standard InChI is InChI=1S/C10H17NO2S/c1-6(13-4)5-9-11-7(2)10(14-9)8(3)12/h6,8,12H,5H2,1-4H3. The number of aryl methyl sites for hydroxylation is 1. The number of rotatable bonds is 4. The molecule has 1 heterocycles. The Bertz CT molecular complexity index is 296. The van der Waals surface area contributed by atoms with Gasteiger partial charge in [-0.15, -0.1) is 11.3 Å². The van der Waals surface area contributed by atoms with Gasteiger partial charge in [-0.25, -0.2) is 4.98 Å². The van der Waals surface area contributed by atoms with Crippen LogP contribution in [-0.4, -0.2) is 23.3 Å². The molecule has 0 saturated carbocycles. The number of nitrogens with zero attached hydrogens (tertiary/aromatic N) is 1. The van der Waals surface area contributed by atoms with Crippen LogP contribution in [0.15, 0.2) is 0 Å². The maximum atomic E-state index is 9.45. The Morgan fingerprint density at radius 2 is 2.14 bits per heavy atom. The Morgan fingerprint density at radius 1 is 1.50 bits per heavy atom. The fraction of sp³-hybridized carbons (Fsp3) is 0.700. The fourth-order valence-electron chi connectivity index (χ4n) is 1.27. The molecule has 2 atom stereocenters. The third kappa shape index (κ3) is 2.77. The predicted molar refractivity (Wildman–Crippen MR) is 57.7 cm³/mol. The van der Waals surface area contributed by atoms with Crippen molar-refractivity contribution in [2.24, 2.45) is 0 Å². The number of hydrogen-bond acceptors (Lipinski definition) is 4. The van der Waals surface area contributed by atoms with E-state index in [1.54, 1.807) is 25.4 Å². The van der Waals surface area contributed by atoms with Gasteiger partial charge in [-0.1, -0.05) is 0 Å². The van der Waals surface area contributed by atoms with E-state index in [0.29, 0.717) is 0 Å². The molecule has 0 aromatic carbocycles. The van der Waals surface area contributed by atoms with Gasteiger partial charge in [0.1, 0.15) is 0 Å². The average Bonchev–Trinajstić information content (AvgIpc) is 2.46. The highest BCUT2D eigenvalue weighted by Gasteiger charge is 2.13. The zero-order valence-corrected chi connectivity index (χ0v) is 9.89. The number of methoxy groups -OCH3 is 1. The largest absolute Gasteiger partial charge is 0.388 e. The molecule has 3 nitrogen and oxygen atoms in total. The fourth-order valence-corrected chi connectivity index (χ4v) is 2.39. The lowest BCUT2D eigenvalue weighted by atomic mass is 10.3. The zero-order chi connectivity index (χ0) is 10.7. The monoisotopic (exact) mass is 215 g/mol. The third-order valence-corrected chi connectivity index (χ3v) is 3.47. The van der Waals surface area contributed by atoms with Crippen LogP contribution >= 0.6 is 11.3 Å². The van der Waals surface area contributed by atoms with E-state index in [-0.39, 0.29) is 6.10 Å². The van der Waals surface area contributed by atoms with Gasteiger partial charge in [0, 0.05) is 13.5 Å². The van der Waals surface area contributed by atoms with E-state index in [1.807, 2.05) is 13.8 Å². The van der Waals surface area contributed by atoms with E-state index < -0.39 is 6.10 Å². The summed E-state index contributed by atoms with van der Waals surface area (Å²) in [5.41, 5.74) is 0.934. The number of aliphatic hydroxyl groups excluding tert-OH is 1. The van der Waals surface area contributed by atoms with Gasteiger partial charge in [-0.3, -0.25) is 0 Å². The molecule has 1 aromatic heterocycles. The number of ether oxygens (including phenoxy) is 1. The second-order valence-corrected chi connectivity index (χ2v) is 4.60. The number of hydrogen-bond donors (Lipinski definition) is 1. The lowest BCUT2D eigenvalue weighted by Gasteiger charge is -2.05. The van der Waals surface area contributed by atoms with E-state index in [1.165, 1.54) is 0 Å². The van der Waals surface area contributed by atoms with Crippen molar-refractivity contribution in [3.05, 3.63) is 15.6 Å². The molecular formula is C10H17NO2S. The van der Waals surface area contributed by atoms with Crippen LogP contribution in [0.3, 0.4) is 0 Å². The van der Waals surface area contributed by atoms with Crippen LogP contribution in [0.4, 0.5) is 0 Å². The van der Waals surface area contributed by atoms with Crippen molar-refractivity contribution in [2.75, 3.05) is 7.11 Å². The predicted octanol–water partition coefficient (Wildman–Crippen LogP) is 2.08. The quantitative estimate of drug-likeness (QED) is 0.836. The number of thiazole rings is 1. The number of aromatic nitrogens is 1. The Morgan fingerprint density at radius 3 is 2.57 bits per heavy atom. The minimum Gasteiger partial charge on any atom is -0.388 e. The van der Waals surface area contributed by atoms with Crippen LogP contribution in [0.5, 0.6) is 0 Å². The summed E-state index contributed by atoms with van der Waals surface area (Å²) in [5.74, 6) is 0. The minimum atomic E-state index is -0.417. The highest BCUT2D eigenvalue weighted by Crippen LogP contribution is 2.25. The van der Waals surface area contributed by atoms with Gasteiger partial charge in [-0.05, 0) is 20.8 Å². The van der Waals surface area contributed by atoms with Crippen LogP contribution in [0.25, 0.3) is 0 Å². The van der Waals surface area contributed by atoms with Gasteiger partial charge < -0.3 is 9.84 Å². The summed E-state index contributed by atoms with van der Waals surface area (Å²) in [4.78, 5) is 5.36. The summed E-state index contributed by atoms with van der Waals surface area (Å²) in [7, 11) is 1.70. The van der Waals surface area contributed by atoms with Crippen molar-refractivity contribution in [1.82, 2.24) is 4.98 Å². The Hall–Kier alpha value is -0.450. The van der Waals surface area contributed by atoms with Crippen LogP contribution in [0.2, 0.25) is 0 Å². The van der Waals surface area contributed by atoms with Gasteiger partial charge in [0.15, 0.2) is 0 Å². The van der Waals surface area contributed by atoms with Gasteiger partial charge in [-0.2, -0.15) is 0 Å². The second-order valence-electron chi connectivity index (χ2n) is 3.48. The molecule has 14 heavy (non-hydrogen) atoms. The van der Waals surface area contributed by atoms with Crippen molar-refractivity contribution >= 4 is 11.3 Å². The molecule has 0 spiro atoms. The molecule has 1 rings (SSSR count). The van der Waals surface area contributed by atoms with Gasteiger partial charge in [0.25, 0.3) is 0 Å². The summed E-state index contributed by atoms with van der Waals surface area (Å²) < 4.78 is 5.17. The first-order valence-corrected chi connectivity index (χ1v) is 5.53. The van der Waals surface area contributed by atoms with Gasteiger partial charge in [0.2, 0.25) is 0 Å². The molecule has 0 amide bonds. The first-order chi connectivity index (χ1) is 6.54. The van der Waals surface area contributed by atoms with E-state index in [2.05, 4.69) is 4.98 Å². The molecule has 0 aliphatic rings. The Balaban J connectivity index is 2.75. The smallest absolute Gasteiger partial charge is 0.0957 e. The summed E-state index contributed by atoms with van der Waals surface area (Å²) in [6.07, 6.45) is 0.579. The van der Waals surface area contributed by atoms with E-state index >= 15 is 0 Å². The lowest BCUT2D eigenvalue weighted by Crippen LogP contribution is -2.07. The molecule has 4 heteroatoms. The van der Waals surface area contributed by atoms with E-state index in [4.69, 9.17) is 4.74 Å². The first-order valence-electron chi connectivity index (χ1n) is 4.71. The lowest BCUT2D eigenvalue weighted by molar-refractivity contribution is 0.118. The zero-order valence-electron chi connectivity index (χ0n) is 9.07. The SMILES string of the molecule is COC(C)Cc1nc(C)c(C(C)O)s1. The van der Waals surface area contributed by atoms with Crippen molar-refractivity contribution in [3.8, 4) is 0 Å². The molecule has 0 aliphatic carbocycles. The molecule has 0 fully saturated rings. The molecule has 1 N–H and O–H groups in total. The summed E-state index contributed by atoms with van der Waals surface area (Å²) >= 11 is 1.57. The topological polar surface area (TPSA) is 42.4 Å². The molecule has 80 valence electrons. The van der Waals surface area contributed by atoms with E-state index in [0.717, 1.165) is 22.0 Å². The van der Waals surface area contributed by atoms with Crippen LogP contribution in [-0.2, 0) is 11.2 Å². The molecule has 0 radical (unpaired) electrons. The van der Waals surface area contributed by atoms with Gasteiger partial charge in [0.05, 0.1) is 27.8 Å². The van der Waals surface area contributed by atoms with Crippen molar-refractivity contribution in [2.45, 2.75) is 39.4 Å². The maximum Gasteiger partial charge on any atom is 0.0957 e. The molecule has 1 aromatic rings. The van der Waals surface area contributed by atoms with Crippen molar-refractivity contribution in [1.29, 1.82) is 0 Å². The molecule has 0 saturated heterocycles. The molecular weight excluding hydrogens is 198 g/mol. The van der Waals surface area contributed by atoms with Crippen LogP contribution in [0, 0.1) is 6.92 Å². The highest BCUT2D eigenvalue weighted by molar-refractivity contribution is 7.11. The van der Waals surface area contributed by atoms with Crippen LogP contribution in [0.1, 0.15) is 35.5 Å². The molecule has 0 bridgehead atoms. The summed E-state index contributed by atoms with van der Waals surface area (Å²) in [5, 5.41) is 10.5. The minimum absolute atomic E-state index is 0.183. The first kappa shape index (κ1) is 11.6. The van der Waals surface area contributed by atoms with Crippen molar-refractivity contribution in [3.63, 3.8) is 0 Å².